The molecule has 0 spiro atoms. The lowest BCUT2D eigenvalue weighted by atomic mass is 9.98. The number of carbonyl (C=O) groups is 3. The van der Waals surface area contributed by atoms with Crippen LogP contribution in [-0.4, -0.2) is 45.5 Å². The van der Waals surface area contributed by atoms with Crippen molar-refractivity contribution in [3.8, 4) is 0 Å². The number of nitrogens with zero attached hydrogens (tertiary/aromatic N) is 1. The average molecular weight is 644 g/mol. The number of urea groups is 1. The van der Waals surface area contributed by atoms with Gasteiger partial charge in [0, 0.05) is 36.4 Å². The van der Waals surface area contributed by atoms with E-state index in [4.69, 9.17) is 5.11 Å². The summed E-state index contributed by atoms with van der Waals surface area (Å²) in [6.45, 7) is 5.01. The zero-order valence-corrected chi connectivity index (χ0v) is 24.0. The molecule has 0 radical (unpaired) electrons. The quantitative estimate of drug-likeness (QED) is 0.151. The van der Waals surface area contributed by atoms with Gasteiger partial charge in [-0.1, -0.05) is 61.9 Å². The van der Waals surface area contributed by atoms with Gasteiger partial charge in [0.15, 0.2) is 0 Å². The normalized spacial score (nSPS) is 12.0. The molecule has 3 amide bonds. The third-order valence-corrected chi connectivity index (χ3v) is 7.71. The maximum Gasteiger partial charge on any atom is 0.322 e. The summed E-state index contributed by atoms with van der Waals surface area (Å²) < 4.78 is 28.8. The topological polar surface area (TPSA) is 98.7 Å². The lowest BCUT2D eigenvalue weighted by Crippen LogP contribution is -2.38. The van der Waals surface area contributed by atoms with Crippen molar-refractivity contribution in [2.45, 2.75) is 56.4 Å². The van der Waals surface area contributed by atoms with Gasteiger partial charge in [-0.15, -0.1) is 0 Å². The second kappa shape index (κ2) is 15.5. The zero-order chi connectivity index (χ0) is 28.1. The van der Waals surface area contributed by atoms with E-state index in [1.807, 2.05) is 0 Å². The minimum absolute atomic E-state index is 0.0314. The lowest BCUT2D eigenvalue weighted by molar-refractivity contribution is -0.136. The standard InChI is InChI=1S/C28H36F2IN3O4/c1-4-6-8-20(5-2)18-34(27(38)33-24-10-7-9-23(17-24)28(29,30)31-3)19-21-11-13-22(14-12-21)26(37)32-16-15-25(35)36/h7,9-14,17,20H,3-6,8,15-16,18-19H2,1-2H3,(H,32,37)(H,33,38)(H,35,36). The monoisotopic (exact) mass is 643 g/mol. The van der Waals surface area contributed by atoms with Gasteiger partial charge in [-0.05, 0) is 62.9 Å². The van der Waals surface area contributed by atoms with Gasteiger partial charge in [0.05, 0.1) is 6.42 Å². The Morgan fingerprint density at radius 3 is 2.45 bits per heavy atom. The Hall–Kier alpha value is -2.89. The smallest absolute Gasteiger partial charge is 0.322 e. The maximum atomic E-state index is 14.2. The first-order chi connectivity index (χ1) is 18.1. The number of hydrogen-bond donors (Lipinski definition) is 3. The van der Waals surface area contributed by atoms with Crippen molar-refractivity contribution < 1.29 is 28.3 Å². The van der Waals surface area contributed by atoms with E-state index in [1.54, 1.807) is 35.2 Å². The van der Waals surface area contributed by atoms with Crippen LogP contribution in [0, 0.1) is 5.92 Å². The molecule has 2 aromatic carbocycles. The molecule has 0 aliphatic rings. The number of hydrogen-bond acceptors (Lipinski definition) is 3. The molecular formula is C28H36F2IN3O4. The largest absolute Gasteiger partial charge is 0.481 e. The van der Waals surface area contributed by atoms with Gasteiger partial charge < -0.3 is 20.6 Å². The predicted octanol–water partition coefficient (Wildman–Crippen LogP) is 6.59. The molecule has 208 valence electrons. The summed E-state index contributed by atoms with van der Waals surface area (Å²) in [5.74, 6) is -1.08. The van der Waals surface area contributed by atoms with E-state index in [2.05, 4.69) is 29.0 Å². The molecule has 10 heteroatoms. The van der Waals surface area contributed by atoms with Gasteiger partial charge in [-0.3, -0.25) is 9.59 Å². The molecule has 0 aliphatic heterocycles. The number of unbranched alkanes of at least 4 members (excludes halogenated alkanes) is 1. The molecule has 0 saturated heterocycles. The van der Waals surface area contributed by atoms with Crippen molar-refractivity contribution in [3.05, 3.63) is 65.2 Å². The highest BCUT2D eigenvalue weighted by atomic mass is 127. The second-order valence-corrected chi connectivity index (χ2v) is 11.2. The number of benzene rings is 2. The number of halogens is 3. The van der Waals surface area contributed by atoms with Gasteiger partial charge >= 0.3 is 15.9 Å². The van der Waals surface area contributed by atoms with E-state index < -0.39 is 30.6 Å². The number of alkyl halides is 3. The Morgan fingerprint density at radius 1 is 1.13 bits per heavy atom. The van der Waals surface area contributed by atoms with E-state index >= 15 is 0 Å². The van der Waals surface area contributed by atoms with E-state index in [1.165, 1.54) is 18.2 Å². The fourth-order valence-corrected chi connectivity index (χ4v) is 4.64. The van der Waals surface area contributed by atoms with Crippen molar-refractivity contribution in [1.29, 1.82) is 0 Å². The summed E-state index contributed by atoms with van der Waals surface area (Å²) in [5, 5.41) is 14.1. The summed E-state index contributed by atoms with van der Waals surface area (Å²) >= 11 is -1.59. The lowest BCUT2D eigenvalue weighted by Gasteiger charge is -2.28. The van der Waals surface area contributed by atoms with Crippen LogP contribution in [-0.2, 0) is 15.3 Å². The fraction of sp³-hybridized carbons (Fsp3) is 0.429. The van der Waals surface area contributed by atoms with Crippen LogP contribution < -0.4 is 10.6 Å². The zero-order valence-electron chi connectivity index (χ0n) is 21.8. The van der Waals surface area contributed by atoms with E-state index in [-0.39, 0.29) is 42.9 Å². The van der Waals surface area contributed by atoms with E-state index in [9.17, 15) is 23.2 Å². The van der Waals surface area contributed by atoms with Crippen LogP contribution in [0.2, 0.25) is 0 Å². The first-order valence-corrected chi connectivity index (χ1v) is 15.2. The summed E-state index contributed by atoms with van der Waals surface area (Å²) in [6, 6.07) is 12.1. The molecular weight excluding hydrogens is 607 g/mol. The number of nitrogens with one attached hydrogen (secondary N) is 2. The van der Waals surface area contributed by atoms with Crippen LogP contribution in [0.25, 0.3) is 0 Å². The number of carbonyl (C=O) groups excluding carboxylic acids is 2. The summed E-state index contributed by atoms with van der Waals surface area (Å²) in [7, 11) is 0. The van der Waals surface area contributed by atoms with Crippen LogP contribution >= 0.6 is 20.7 Å². The summed E-state index contributed by atoms with van der Waals surface area (Å²) in [4.78, 5) is 37.9. The van der Waals surface area contributed by atoms with Crippen LogP contribution in [0.3, 0.4) is 0 Å². The minimum atomic E-state index is -2.98. The molecule has 0 aromatic heterocycles. The summed E-state index contributed by atoms with van der Waals surface area (Å²) in [6.07, 6.45) is 3.80. The minimum Gasteiger partial charge on any atom is -0.481 e. The Labute approximate surface area is 232 Å². The molecule has 0 fully saturated rings. The first kappa shape index (κ1) is 31.3. The molecule has 0 bridgehead atoms. The Balaban J connectivity index is 2.19. The number of anilines is 1. The summed E-state index contributed by atoms with van der Waals surface area (Å²) in [5.41, 5.74) is 1.33. The number of rotatable bonds is 15. The third-order valence-electron chi connectivity index (χ3n) is 6.13. The molecule has 1 atom stereocenters. The number of carboxylic acid groups (broad SMARTS) is 1. The van der Waals surface area contributed by atoms with Crippen molar-refractivity contribution in [2.24, 2.45) is 5.92 Å². The molecule has 38 heavy (non-hydrogen) atoms. The van der Waals surface area contributed by atoms with Gasteiger partial charge in [-0.25, -0.2) is 4.79 Å². The van der Waals surface area contributed by atoms with Crippen molar-refractivity contribution in [1.82, 2.24) is 10.2 Å². The molecule has 0 saturated carbocycles. The van der Waals surface area contributed by atoms with Crippen LogP contribution in [0.1, 0.15) is 67.4 Å². The Bertz CT molecular complexity index is 1100. The van der Waals surface area contributed by atoms with Crippen molar-refractivity contribution in [2.75, 3.05) is 18.4 Å². The first-order valence-electron chi connectivity index (χ1n) is 12.6. The molecule has 2 rings (SSSR count). The molecule has 1 unspecified atom stereocenters. The molecule has 2 aromatic rings. The number of aliphatic carboxylic acids is 1. The fourth-order valence-electron chi connectivity index (χ4n) is 3.87. The Kier molecular flexibility index (Phi) is 12.8. The highest BCUT2D eigenvalue weighted by Crippen LogP contribution is 2.39. The van der Waals surface area contributed by atoms with Crippen LogP contribution in [0.4, 0.5) is 19.3 Å². The van der Waals surface area contributed by atoms with Gasteiger partial charge in [0.2, 0.25) is 0 Å². The van der Waals surface area contributed by atoms with E-state index in [0.717, 1.165) is 31.2 Å². The molecule has 3 N–H and O–H groups in total. The van der Waals surface area contributed by atoms with E-state index in [0.29, 0.717) is 17.8 Å². The van der Waals surface area contributed by atoms with Gasteiger partial charge in [0.25, 0.3) is 5.91 Å². The maximum absolute atomic E-state index is 14.2. The predicted molar refractivity (Wildman–Crippen MR) is 155 cm³/mol. The van der Waals surface area contributed by atoms with Crippen LogP contribution in [0.5, 0.6) is 0 Å². The van der Waals surface area contributed by atoms with Crippen molar-refractivity contribution >= 4 is 48.8 Å². The number of amides is 3. The van der Waals surface area contributed by atoms with Crippen LogP contribution in [0.15, 0.2) is 48.5 Å². The molecule has 0 aliphatic carbocycles. The average Bonchev–Trinajstić information content (AvgIpc) is 2.90. The number of carboxylic acids is 1. The van der Waals surface area contributed by atoms with Gasteiger partial charge in [-0.2, -0.15) is 8.78 Å². The highest BCUT2D eigenvalue weighted by molar-refractivity contribution is 14.2. The van der Waals surface area contributed by atoms with Crippen molar-refractivity contribution in [3.63, 3.8) is 0 Å². The second-order valence-electron chi connectivity index (χ2n) is 9.04. The molecule has 7 nitrogen and oxygen atoms in total. The Morgan fingerprint density at radius 2 is 1.84 bits per heavy atom. The third kappa shape index (κ3) is 10.1. The molecule has 0 heterocycles. The SMILES string of the molecule is C=IC(F)(F)c1cccc(NC(=O)N(Cc2ccc(C(=O)NCCC(=O)O)cc2)CC(CC)CCCC)c1. The van der Waals surface area contributed by atoms with Gasteiger partial charge in [0.1, 0.15) is 0 Å². The highest BCUT2D eigenvalue weighted by Gasteiger charge is 2.28.